The third-order valence-electron chi connectivity index (χ3n) is 3.53. The number of nitrogens with one attached hydrogen (secondary N) is 1. The van der Waals surface area contributed by atoms with E-state index in [0.717, 1.165) is 5.52 Å². The third-order valence-corrected chi connectivity index (χ3v) is 3.84. The number of carbonyl (C=O) groups excluding carboxylic acids is 1. The van der Waals surface area contributed by atoms with Gasteiger partial charge in [-0.1, -0.05) is 11.6 Å². The number of likely N-dealkylation sites (N-methyl/N-ethyl adjacent to an activating group) is 1. The van der Waals surface area contributed by atoms with Gasteiger partial charge in [0.2, 0.25) is 5.91 Å². The molecule has 0 bridgehead atoms. The second-order valence-electron chi connectivity index (χ2n) is 5.44. The first-order chi connectivity index (χ1) is 11.5. The van der Waals surface area contributed by atoms with E-state index in [0.29, 0.717) is 17.0 Å². The van der Waals surface area contributed by atoms with Crippen molar-refractivity contribution in [2.45, 2.75) is 6.54 Å². The van der Waals surface area contributed by atoms with Crippen molar-refractivity contribution < 1.29 is 9.18 Å². The smallest absolute Gasteiger partial charge is 0.242 e. The first-order valence-electron chi connectivity index (χ1n) is 7.18. The zero-order valence-electron chi connectivity index (χ0n) is 13.1. The summed E-state index contributed by atoms with van der Waals surface area (Å²) in [5.41, 5.74) is 1.89. The van der Waals surface area contributed by atoms with Crippen molar-refractivity contribution in [3.05, 3.63) is 47.6 Å². The maximum atomic E-state index is 13.1. The molecule has 0 aliphatic rings. The average Bonchev–Trinajstić information content (AvgIpc) is 2.94. The van der Waals surface area contributed by atoms with Crippen molar-refractivity contribution >= 4 is 40.0 Å². The van der Waals surface area contributed by atoms with Gasteiger partial charge in [0.15, 0.2) is 5.82 Å². The van der Waals surface area contributed by atoms with Crippen LogP contribution in [0.1, 0.15) is 0 Å². The number of imidazole rings is 1. The number of hydrogen-bond donors (Lipinski definition) is 1. The molecule has 0 fully saturated rings. The van der Waals surface area contributed by atoms with E-state index in [-0.39, 0.29) is 17.5 Å². The number of anilines is 2. The molecular formula is C16H15ClFN5O. The average molecular weight is 348 g/mol. The lowest BCUT2D eigenvalue weighted by Gasteiger charge is -2.11. The van der Waals surface area contributed by atoms with Gasteiger partial charge in [-0.3, -0.25) is 4.79 Å². The van der Waals surface area contributed by atoms with E-state index in [2.05, 4.69) is 15.3 Å². The normalized spacial score (nSPS) is 10.8. The van der Waals surface area contributed by atoms with Crippen LogP contribution in [0, 0.1) is 5.82 Å². The van der Waals surface area contributed by atoms with Crippen LogP contribution in [-0.4, -0.2) is 39.4 Å². The van der Waals surface area contributed by atoms with E-state index in [1.165, 1.54) is 23.1 Å². The molecular weight excluding hydrogens is 333 g/mol. The fourth-order valence-electron chi connectivity index (χ4n) is 2.22. The third kappa shape index (κ3) is 3.16. The van der Waals surface area contributed by atoms with E-state index >= 15 is 0 Å². The molecule has 1 amide bonds. The predicted octanol–water partition coefficient (Wildman–Crippen LogP) is 3.06. The van der Waals surface area contributed by atoms with Crippen LogP contribution in [0.25, 0.3) is 11.0 Å². The number of benzene rings is 1. The summed E-state index contributed by atoms with van der Waals surface area (Å²) in [6.45, 7) is 0.185. The number of amides is 1. The fraction of sp³-hybridized carbons (Fsp3) is 0.188. The molecule has 6 nitrogen and oxygen atoms in total. The van der Waals surface area contributed by atoms with Crippen LogP contribution in [0.2, 0.25) is 5.02 Å². The highest BCUT2D eigenvalue weighted by molar-refractivity contribution is 6.33. The van der Waals surface area contributed by atoms with E-state index < -0.39 is 5.82 Å². The predicted molar refractivity (Wildman–Crippen MR) is 90.9 cm³/mol. The first kappa shape index (κ1) is 16.2. The molecule has 3 rings (SSSR count). The Kier molecular flexibility index (Phi) is 4.35. The molecule has 0 saturated carbocycles. The molecule has 8 heteroatoms. The number of nitrogens with zero attached hydrogens (tertiary/aromatic N) is 4. The van der Waals surface area contributed by atoms with Crippen molar-refractivity contribution in [1.29, 1.82) is 0 Å². The van der Waals surface area contributed by atoms with Gasteiger partial charge in [-0.25, -0.2) is 14.4 Å². The number of carbonyl (C=O) groups is 1. The van der Waals surface area contributed by atoms with Crippen LogP contribution in [-0.2, 0) is 11.3 Å². The number of hydrogen-bond acceptors (Lipinski definition) is 4. The Hall–Kier alpha value is -2.67. The SMILES string of the molecule is CN(C)C(=O)Cn1cnc2c(Nc3ccc(F)cc3Cl)nccc21. The highest BCUT2D eigenvalue weighted by atomic mass is 35.5. The van der Waals surface area contributed by atoms with Gasteiger partial charge >= 0.3 is 0 Å². The van der Waals surface area contributed by atoms with E-state index in [1.807, 2.05) is 0 Å². The van der Waals surface area contributed by atoms with Gasteiger partial charge in [0.25, 0.3) is 0 Å². The van der Waals surface area contributed by atoms with E-state index in [1.54, 1.807) is 37.3 Å². The lowest BCUT2D eigenvalue weighted by Crippen LogP contribution is -2.25. The number of fused-ring (bicyclic) bond motifs is 1. The Balaban J connectivity index is 1.95. The molecule has 2 heterocycles. The molecule has 0 spiro atoms. The number of aromatic nitrogens is 3. The van der Waals surface area contributed by atoms with Gasteiger partial charge in [-0.15, -0.1) is 0 Å². The molecule has 0 unspecified atom stereocenters. The highest BCUT2D eigenvalue weighted by Gasteiger charge is 2.13. The molecule has 2 aromatic heterocycles. The lowest BCUT2D eigenvalue weighted by molar-refractivity contribution is -0.129. The lowest BCUT2D eigenvalue weighted by atomic mass is 10.3. The maximum absolute atomic E-state index is 13.1. The minimum atomic E-state index is -0.414. The van der Waals surface area contributed by atoms with Crippen molar-refractivity contribution in [2.75, 3.05) is 19.4 Å². The summed E-state index contributed by atoms with van der Waals surface area (Å²) in [5, 5.41) is 3.30. The molecule has 0 atom stereocenters. The standard InChI is InChI=1S/C16H15ClFN5O/c1-22(2)14(24)8-23-9-20-15-13(23)5-6-19-16(15)21-12-4-3-10(18)7-11(12)17/h3-7,9H,8H2,1-2H3,(H,19,21). The largest absolute Gasteiger partial charge is 0.347 e. The summed E-state index contributed by atoms with van der Waals surface area (Å²) in [7, 11) is 3.40. The summed E-state index contributed by atoms with van der Waals surface area (Å²) in [6, 6.07) is 5.84. The van der Waals surface area contributed by atoms with Crippen molar-refractivity contribution in [3.8, 4) is 0 Å². The van der Waals surface area contributed by atoms with Gasteiger partial charge in [-0.2, -0.15) is 0 Å². The number of halogens is 2. The van der Waals surface area contributed by atoms with Crippen LogP contribution < -0.4 is 5.32 Å². The minimum absolute atomic E-state index is 0.0396. The summed E-state index contributed by atoms with van der Waals surface area (Å²) in [6.07, 6.45) is 3.20. The van der Waals surface area contributed by atoms with Crippen molar-refractivity contribution in [1.82, 2.24) is 19.4 Å². The molecule has 0 saturated heterocycles. The summed E-state index contributed by atoms with van der Waals surface area (Å²) >= 11 is 6.03. The molecule has 0 radical (unpaired) electrons. The topological polar surface area (TPSA) is 63.1 Å². The zero-order valence-corrected chi connectivity index (χ0v) is 13.9. The quantitative estimate of drug-likeness (QED) is 0.788. The molecule has 0 aliphatic heterocycles. The minimum Gasteiger partial charge on any atom is -0.347 e. The van der Waals surface area contributed by atoms with Gasteiger partial charge < -0.3 is 14.8 Å². The van der Waals surface area contributed by atoms with Crippen LogP contribution in [0.4, 0.5) is 15.9 Å². The van der Waals surface area contributed by atoms with Crippen molar-refractivity contribution in [3.63, 3.8) is 0 Å². The van der Waals surface area contributed by atoms with Crippen LogP contribution in [0.3, 0.4) is 0 Å². The Morgan fingerprint density at radius 2 is 2.12 bits per heavy atom. The van der Waals surface area contributed by atoms with Crippen LogP contribution >= 0.6 is 11.6 Å². The monoisotopic (exact) mass is 347 g/mol. The second kappa shape index (κ2) is 6.45. The summed E-state index contributed by atoms with van der Waals surface area (Å²) < 4.78 is 14.9. The Morgan fingerprint density at radius 1 is 1.33 bits per heavy atom. The first-order valence-corrected chi connectivity index (χ1v) is 7.55. The second-order valence-corrected chi connectivity index (χ2v) is 5.84. The van der Waals surface area contributed by atoms with Crippen molar-refractivity contribution in [2.24, 2.45) is 0 Å². The molecule has 3 aromatic rings. The number of rotatable bonds is 4. The Bertz CT molecular complexity index is 909. The van der Waals surface area contributed by atoms with E-state index in [9.17, 15) is 9.18 Å². The maximum Gasteiger partial charge on any atom is 0.242 e. The van der Waals surface area contributed by atoms with Crippen LogP contribution in [0.15, 0.2) is 36.8 Å². The Labute approximate surface area is 142 Å². The zero-order chi connectivity index (χ0) is 17.3. The molecule has 1 aromatic carbocycles. The van der Waals surface area contributed by atoms with Gasteiger partial charge in [0.05, 0.1) is 22.6 Å². The van der Waals surface area contributed by atoms with Gasteiger partial charge in [0.1, 0.15) is 17.9 Å². The van der Waals surface area contributed by atoms with E-state index in [4.69, 9.17) is 11.6 Å². The fourth-order valence-corrected chi connectivity index (χ4v) is 2.43. The molecule has 1 N–H and O–H groups in total. The van der Waals surface area contributed by atoms with Gasteiger partial charge in [-0.05, 0) is 24.3 Å². The highest BCUT2D eigenvalue weighted by Crippen LogP contribution is 2.28. The van der Waals surface area contributed by atoms with Crippen LogP contribution in [0.5, 0.6) is 0 Å². The molecule has 24 heavy (non-hydrogen) atoms. The number of pyridine rings is 1. The van der Waals surface area contributed by atoms with Gasteiger partial charge in [0, 0.05) is 20.3 Å². The molecule has 124 valence electrons. The Morgan fingerprint density at radius 3 is 2.83 bits per heavy atom. The summed E-state index contributed by atoms with van der Waals surface area (Å²) in [5.74, 6) is 0.0301. The molecule has 0 aliphatic carbocycles. The summed E-state index contributed by atoms with van der Waals surface area (Å²) in [4.78, 5) is 22.0.